The fourth-order valence-electron chi connectivity index (χ4n) is 2.56. The number of benzene rings is 1. The number of aromatic nitrogens is 5. The summed E-state index contributed by atoms with van der Waals surface area (Å²) in [5.41, 5.74) is 2.30. The van der Waals surface area contributed by atoms with Crippen molar-refractivity contribution >= 4 is 34.8 Å². The normalized spacial score (nSPS) is 10.3. The van der Waals surface area contributed by atoms with E-state index in [0.29, 0.717) is 17.1 Å². The maximum Gasteiger partial charge on any atom is 0.274 e. The van der Waals surface area contributed by atoms with Crippen molar-refractivity contribution in [3.63, 3.8) is 0 Å². The number of H-pyrrole nitrogens is 1. The van der Waals surface area contributed by atoms with Gasteiger partial charge in [0, 0.05) is 35.7 Å². The molecule has 1 aromatic carbocycles. The molecule has 0 fully saturated rings. The molecule has 0 unspecified atom stereocenters. The molecule has 0 radical (unpaired) electrons. The van der Waals surface area contributed by atoms with Gasteiger partial charge in [-0.3, -0.25) is 14.6 Å². The van der Waals surface area contributed by atoms with Gasteiger partial charge in [-0.1, -0.05) is 6.07 Å². The molecule has 10 nitrogen and oxygen atoms in total. The number of hydrogen-bond acceptors (Lipinski definition) is 7. The van der Waals surface area contributed by atoms with Crippen LogP contribution in [-0.4, -0.2) is 36.7 Å². The fraction of sp³-hybridized carbons (Fsp3) is 0. The van der Waals surface area contributed by atoms with E-state index in [2.05, 4.69) is 40.9 Å². The minimum absolute atomic E-state index is 0.188. The van der Waals surface area contributed by atoms with Gasteiger partial charge >= 0.3 is 0 Å². The van der Waals surface area contributed by atoms with Gasteiger partial charge in [0.25, 0.3) is 11.8 Å². The van der Waals surface area contributed by atoms with Crippen molar-refractivity contribution in [1.29, 1.82) is 0 Å². The maximum atomic E-state index is 12.6. The molecule has 0 saturated heterocycles. The van der Waals surface area contributed by atoms with E-state index in [1.54, 1.807) is 48.8 Å². The quantitative estimate of drug-likeness (QED) is 0.390. The molecular weight excluding hydrogens is 384 g/mol. The Morgan fingerprint density at radius 2 is 1.60 bits per heavy atom. The molecule has 4 aromatic rings. The van der Waals surface area contributed by atoms with Crippen molar-refractivity contribution in [2.45, 2.75) is 0 Å². The van der Waals surface area contributed by atoms with Crippen LogP contribution >= 0.6 is 0 Å². The number of nitrogens with one attached hydrogen (secondary N) is 4. The Morgan fingerprint density at radius 1 is 0.833 bits per heavy atom. The number of anilines is 4. The lowest BCUT2D eigenvalue weighted by atomic mass is 10.2. The molecule has 0 atom stereocenters. The van der Waals surface area contributed by atoms with E-state index in [1.807, 2.05) is 0 Å². The minimum atomic E-state index is -0.410. The van der Waals surface area contributed by atoms with Crippen molar-refractivity contribution in [3.05, 3.63) is 85.0 Å². The van der Waals surface area contributed by atoms with Gasteiger partial charge in [0.1, 0.15) is 11.4 Å². The predicted molar refractivity (Wildman–Crippen MR) is 110 cm³/mol. The van der Waals surface area contributed by atoms with E-state index in [1.165, 1.54) is 24.8 Å². The third-order valence-corrected chi connectivity index (χ3v) is 3.95. The van der Waals surface area contributed by atoms with Gasteiger partial charge in [0.2, 0.25) is 5.95 Å². The summed E-state index contributed by atoms with van der Waals surface area (Å²) in [6, 6.07) is 11.8. The summed E-state index contributed by atoms with van der Waals surface area (Å²) in [4.78, 5) is 43.6. The van der Waals surface area contributed by atoms with E-state index in [-0.39, 0.29) is 17.5 Å². The highest BCUT2D eigenvalue weighted by atomic mass is 16.2. The van der Waals surface area contributed by atoms with E-state index in [9.17, 15) is 9.59 Å². The summed E-state index contributed by atoms with van der Waals surface area (Å²) in [6.45, 7) is 0. The number of carbonyl (C=O) groups is 2. The van der Waals surface area contributed by atoms with Gasteiger partial charge in [-0.15, -0.1) is 0 Å². The highest BCUT2D eigenvalue weighted by Crippen LogP contribution is 2.17. The van der Waals surface area contributed by atoms with Crippen molar-refractivity contribution in [3.8, 4) is 0 Å². The van der Waals surface area contributed by atoms with Crippen LogP contribution in [0.2, 0.25) is 0 Å². The van der Waals surface area contributed by atoms with Gasteiger partial charge in [0.05, 0.1) is 12.5 Å². The molecule has 0 spiro atoms. The molecule has 3 aromatic heterocycles. The number of imidazole rings is 1. The van der Waals surface area contributed by atoms with Gasteiger partial charge in [-0.2, -0.15) is 0 Å². The smallest absolute Gasteiger partial charge is 0.274 e. The lowest BCUT2D eigenvalue weighted by Crippen LogP contribution is -2.15. The molecule has 0 bridgehead atoms. The molecule has 4 N–H and O–H groups in total. The fourth-order valence-corrected chi connectivity index (χ4v) is 2.56. The second-order valence-corrected chi connectivity index (χ2v) is 6.08. The standard InChI is InChI=1S/C20H16N8O2/c29-18(16-6-9-23-20(28-16)27-13-4-7-21-8-5-13)25-14-2-1-3-15(10-14)26-19(30)17-11-22-12-24-17/h1-12H,(H,22,24)(H,25,29)(H,26,30)(H,21,23,27,28). The molecule has 148 valence electrons. The number of rotatable bonds is 6. The Bertz CT molecular complexity index is 1160. The van der Waals surface area contributed by atoms with Crippen molar-refractivity contribution in [2.75, 3.05) is 16.0 Å². The van der Waals surface area contributed by atoms with Crippen LogP contribution in [-0.2, 0) is 0 Å². The Hall–Kier alpha value is -4.60. The van der Waals surface area contributed by atoms with Gasteiger partial charge in [-0.05, 0) is 36.4 Å². The Balaban J connectivity index is 1.44. The first-order valence-electron chi connectivity index (χ1n) is 8.88. The third-order valence-electron chi connectivity index (χ3n) is 3.95. The van der Waals surface area contributed by atoms with E-state index in [4.69, 9.17) is 0 Å². The molecule has 0 aliphatic heterocycles. The third kappa shape index (κ3) is 4.62. The Kier molecular flexibility index (Phi) is 5.38. The number of carbonyl (C=O) groups excluding carboxylic acids is 2. The molecular formula is C20H16N8O2. The summed E-state index contributed by atoms with van der Waals surface area (Å²) in [7, 11) is 0. The van der Waals surface area contributed by atoms with E-state index >= 15 is 0 Å². The topological polar surface area (TPSA) is 138 Å². The summed E-state index contributed by atoms with van der Waals surface area (Å²) in [6.07, 6.45) is 7.61. The van der Waals surface area contributed by atoms with Crippen molar-refractivity contribution < 1.29 is 9.59 Å². The maximum absolute atomic E-state index is 12.6. The number of nitrogens with zero attached hydrogens (tertiary/aromatic N) is 4. The second-order valence-electron chi connectivity index (χ2n) is 6.08. The lowest BCUT2D eigenvalue weighted by Gasteiger charge is -2.09. The van der Waals surface area contributed by atoms with Crippen LogP contribution < -0.4 is 16.0 Å². The Morgan fingerprint density at radius 3 is 2.33 bits per heavy atom. The molecule has 3 heterocycles. The molecule has 30 heavy (non-hydrogen) atoms. The van der Waals surface area contributed by atoms with E-state index in [0.717, 1.165) is 5.69 Å². The molecule has 0 saturated carbocycles. The highest BCUT2D eigenvalue weighted by molar-refractivity contribution is 6.05. The zero-order chi connectivity index (χ0) is 20.8. The van der Waals surface area contributed by atoms with Gasteiger partial charge < -0.3 is 20.9 Å². The van der Waals surface area contributed by atoms with Crippen LogP contribution in [0.3, 0.4) is 0 Å². The molecule has 2 amide bonds. The summed E-state index contributed by atoms with van der Waals surface area (Å²) in [5, 5.41) is 8.50. The molecule has 4 rings (SSSR count). The summed E-state index contributed by atoms with van der Waals surface area (Å²) >= 11 is 0. The number of aromatic amines is 1. The van der Waals surface area contributed by atoms with Crippen LogP contribution in [0.4, 0.5) is 23.0 Å². The van der Waals surface area contributed by atoms with Gasteiger partial charge in [-0.25, -0.2) is 15.0 Å². The van der Waals surface area contributed by atoms with Gasteiger partial charge in [0.15, 0.2) is 0 Å². The minimum Gasteiger partial charge on any atom is -0.341 e. The Labute approximate surface area is 170 Å². The number of amides is 2. The zero-order valence-electron chi connectivity index (χ0n) is 15.5. The number of hydrogen-bond donors (Lipinski definition) is 4. The first-order chi connectivity index (χ1) is 14.7. The van der Waals surface area contributed by atoms with Crippen LogP contribution in [0.1, 0.15) is 21.0 Å². The first-order valence-corrected chi connectivity index (χ1v) is 8.88. The monoisotopic (exact) mass is 400 g/mol. The first kappa shape index (κ1) is 18.7. The van der Waals surface area contributed by atoms with Crippen LogP contribution in [0, 0.1) is 0 Å². The predicted octanol–water partition coefficient (Wildman–Crippen LogP) is 2.84. The van der Waals surface area contributed by atoms with E-state index < -0.39 is 5.91 Å². The average molecular weight is 400 g/mol. The average Bonchev–Trinajstić information content (AvgIpc) is 3.30. The highest BCUT2D eigenvalue weighted by Gasteiger charge is 2.11. The number of pyridine rings is 1. The van der Waals surface area contributed by atoms with Crippen LogP contribution in [0.15, 0.2) is 73.6 Å². The van der Waals surface area contributed by atoms with Crippen LogP contribution in [0.5, 0.6) is 0 Å². The van der Waals surface area contributed by atoms with Crippen molar-refractivity contribution in [1.82, 2.24) is 24.9 Å². The zero-order valence-corrected chi connectivity index (χ0v) is 15.5. The molecule has 0 aliphatic carbocycles. The summed E-state index contributed by atoms with van der Waals surface area (Å²) in [5.74, 6) is -0.458. The summed E-state index contributed by atoms with van der Waals surface area (Å²) < 4.78 is 0. The molecule has 0 aliphatic rings. The SMILES string of the molecule is O=C(Nc1cccc(NC(=O)c2cnc[nH]2)c1)c1ccnc(Nc2ccncc2)n1. The second kappa shape index (κ2) is 8.61. The lowest BCUT2D eigenvalue weighted by molar-refractivity contribution is 0.101. The van der Waals surface area contributed by atoms with Crippen LogP contribution in [0.25, 0.3) is 0 Å². The largest absolute Gasteiger partial charge is 0.341 e. The van der Waals surface area contributed by atoms with Crippen molar-refractivity contribution in [2.24, 2.45) is 0 Å². The molecule has 10 heteroatoms.